The second-order valence-corrected chi connectivity index (χ2v) is 5.23. The molecule has 24 heavy (non-hydrogen) atoms. The van der Waals surface area contributed by atoms with Gasteiger partial charge in [-0.05, 0) is 36.8 Å². The molecule has 124 valence electrons. The minimum absolute atomic E-state index is 0.124. The third-order valence-corrected chi connectivity index (χ3v) is 3.63. The number of anilines is 1. The molecule has 0 fully saturated rings. The summed E-state index contributed by atoms with van der Waals surface area (Å²) in [6, 6.07) is 11.4. The molecule has 0 aromatic heterocycles. The Kier molecular flexibility index (Phi) is 5.88. The van der Waals surface area contributed by atoms with Gasteiger partial charge in [0.05, 0.1) is 18.2 Å². The van der Waals surface area contributed by atoms with Gasteiger partial charge in [0, 0.05) is 29.9 Å². The second-order valence-electron chi connectivity index (χ2n) is 5.23. The van der Waals surface area contributed by atoms with Crippen molar-refractivity contribution in [1.82, 2.24) is 5.32 Å². The number of carbonyl (C=O) groups is 1. The SMILES string of the molecule is Cc1c(NCc2ccc(C#N)cc2F)cccc1C(=O)NCCO. The number of aliphatic hydroxyl groups excluding tert-OH is 1. The number of amides is 1. The highest BCUT2D eigenvalue weighted by Crippen LogP contribution is 2.20. The first-order chi connectivity index (χ1) is 11.6. The third kappa shape index (κ3) is 4.09. The quantitative estimate of drug-likeness (QED) is 0.760. The predicted molar refractivity (Wildman–Crippen MR) is 89.0 cm³/mol. The van der Waals surface area contributed by atoms with Crippen molar-refractivity contribution >= 4 is 11.6 Å². The number of rotatable bonds is 6. The molecule has 0 spiro atoms. The van der Waals surface area contributed by atoms with Crippen molar-refractivity contribution in [3.05, 3.63) is 64.5 Å². The zero-order valence-electron chi connectivity index (χ0n) is 13.3. The van der Waals surface area contributed by atoms with E-state index in [2.05, 4.69) is 10.6 Å². The first-order valence-corrected chi connectivity index (χ1v) is 7.48. The molecule has 2 rings (SSSR count). The lowest BCUT2D eigenvalue weighted by Crippen LogP contribution is -2.27. The molecular formula is C18H18FN3O2. The Morgan fingerprint density at radius 1 is 1.33 bits per heavy atom. The molecule has 1 amide bonds. The summed E-state index contributed by atoms with van der Waals surface area (Å²) >= 11 is 0. The zero-order chi connectivity index (χ0) is 17.5. The van der Waals surface area contributed by atoms with Gasteiger partial charge in [0.1, 0.15) is 5.82 Å². The number of carbonyl (C=O) groups excluding carboxylic acids is 1. The number of nitrogens with one attached hydrogen (secondary N) is 2. The van der Waals surface area contributed by atoms with Crippen molar-refractivity contribution in [3.8, 4) is 6.07 Å². The van der Waals surface area contributed by atoms with Crippen molar-refractivity contribution in [1.29, 1.82) is 5.26 Å². The molecule has 0 heterocycles. The standard InChI is InChI=1S/C18H18FN3O2/c1-12-15(18(24)21-7-8-23)3-2-4-17(12)22-11-14-6-5-13(10-20)9-16(14)19/h2-6,9,22-23H,7-8,11H2,1H3,(H,21,24). The summed E-state index contributed by atoms with van der Waals surface area (Å²) in [5.41, 5.74) is 2.66. The number of benzene rings is 2. The molecule has 0 saturated carbocycles. The van der Waals surface area contributed by atoms with Gasteiger partial charge in [0.2, 0.25) is 0 Å². The molecule has 0 bridgehead atoms. The van der Waals surface area contributed by atoms with Crippen molar-refractivity contribution in [2.75, 3.05) is 18.5 Å². The van der Waals surface area contributed by atoms with Crippen LogP contribution in [0.4, 0.5) is 10.1 Å². The predicted octanol–water partition coefficient (Wildman–Crippen LogP) is 2.34. The van der Waals surface area contributed by atoms with Gasteiger partial charge in [-0.1, -0.05) is 12.1 Å². The number of nitriles is 1. The number of hydrogen-bond donors (Lipinski definition) is 3. The van der Waals surface area contributed by atoms with Crippen molar-refractivity contribution in [3.63, 3.8) is 0 Å². The Hall–Kier alpha value is -2.91. The first kappa shape index (κ1) is 17.4. The minimum atomic E-state index is -0.448. The first-order valence-electron chi connectivity index (χ1n) is 7.48. The van der Waals surface area contributed by atoms with E-state index in [-0.39, 0.29) is 31.2 Å². The van der Waals surface area contributed by atoms with Gasteiger partial charge in [-0.3, -0.25) is 4.79 Å². The molecule has 0 aliphatic rings. The average molecular weight is 327 g/mol. The van der Waals surface area contributed by atoms with Gasteiger partial charge in [-0.25, -0.2) is 4.39 Å². The van der Waals surface area contributed by atoms with Crippen LogP contribution in [-0.2, 0) is 6.54 Å². The van der Waals surface area contributed by atoms with Crippen LogP contribution in [-0.4, -0.2) is 24.2 Å². The Labute approximate surface area is 139 Å². The van der Waals surface area contributed by atoms with E-state index >= 15 is 0 Å². The van der Waals surface area contributed by atoms with Gasteiger partial charge in [-0.15, -0.1) is 0 Å². The summed E-state index contributed by atoms with van der Waals surface area (Å²) in [6.45, 7) is 2.10. The molecule has 0 atom stereocenters. The van der Waals surface area contributed by atoms with Crippen molar-refractivity contribution in [2.24, 2.45) is 0 Å². The van der Waals surface area contributed by atoms with Crippen LogP contribution in [0.2, 0.25) is 0 Å². The van der Waals surface area contributed by atoms with E-state index in [0.29, 0.717) is 11.1 Å². The summed E-state index contributed by atoms with van der Waals surface area (Å²) in [5.74, 6) is -0.717. The van der Waals surface area contributed by atoms with Gasteiger partial charge in [0.15, 0.2) is 0 Å². The monoisotopic (exact) mass is 327 g/mol. The molecule has 0 radical (unpaired) electrons. The lowest BCUT2D eigenvalue weighted by Gasteiger charge is -2.13. The lowest BCUT2D eigenvalue weighted by atomic mass is 10.1. The molecule has 5 nitrogen and oxygen atoms in total. The number of nitrogens with zero attached hydrogens (tertiary/aromatic N) is 1. The summed E-state index contributed by atoms with van der Waals surface area (Å²) in [4.78, 5) is 12.0. The maximum atomic E-state index is 13.9. The summed E-state index contributed by atoms with van der Waals surface area (Å²) in [5, 5.41) is 23.2. The maximum Gasteiger partial charge on any atom is 0.251 e. The van der Waals surface area contributed by atoms with Gasteiger partial charge in [0.25, 0.3) is 5.91 Å². The average Bonchev–Trinajstić information content (AvgIpc) is 2.59. The zero-order valence-corrected chi connectivity index (χ0v) is 13.3. The molecule has 6 heteroatoms. The van der Waals surface area contributed by atoms with E-state index in [1.54, 1.807) is 37.3 Å². The van der Waals surface area contributed by atoms with E-state index in [1.165, 1.54) is 6.07 Å². The van der Waals surface area contributed by atoms with Crippen molar-refractivity contribution in [2.45, 2.75) is 13.5 Å². The summed E-state index contributed by atoms with van der Waals surface area (Å²) < 4.78 is 13.9. The molecule has 0 aliphatic carbocycles. The normalized spacial score (nSPS) is 10.1. The Morgan fingerprint density at radius 3 is 2.79 bits per heavy atom. The molecule has 2 aromatic rings. The van der Waals surface area contributed by atoms with Crippen molar-refractivity contribution < 1.29 is 14.3 Å². The number of halogens is 1. The van der Waals surface area contributed by atoms with Crippen LogP contribution in [0.5, 0.6) is 0 Å². The molecule has 0 saturated heterocycles. The molecule has 0 unspecified atom stereocenters. The van der Waals surface area contributed by atoms with E-state index < -0.39 is 5.82 Å². The van der Waals surface area contributed by atoms with Gasteiger partial charge in [-0.2, -0.15) is 5.26 Å². The minimum Gasteiger partial charge on any atom is -0.395 e. The second kappa shape index (κ2) is 8.09. The van der Waals surface area contributed by atoms with Crippen LogP contribution >= 0.6 is 0 Å². The number of aliphatic hydroxyl groups is 1. The largest absolute Gasteiger partial charge is 0.395 e. The van der Waals surface area contributed by atoms with Crippen LogP contribution in [0.15, 0.2) is 36.4 Å². The van der Waals surface area contributed by atoms with Crippen LogP contribution in [0.25, 0.3) is 0 Å². The fourth-order valence-electron chi connectivity index (χ4n) is 2.29. The van der Waals surface area contributed by atoms with Gasteiger partial charge >= 0.3 is 0 Å². The Balaban J connectivity index is 2.13. The maximum absolute atomic E-state index is 13.9. The molecule has 2 aromatic carbocycles. The summed E-state index contributed by atoms with van der Waals surface area (Å²) in [7, 11) is 0. The number of hydrogen-bond acceptors (Lipinski definition) is 4. The van der Waals surface area contributed by atoms with E-state index in [4.69, 9.17) is 10.4 Å². The smallest absolute Gasteiger partial charge is 0.251 e. The lowest BCUT2D eigenvalue weighted by molar-refractivity contribution is 0.0944. The van der Waals surface area contributed by atoms with Crippen LogP contribution < -0.4 is 10.6 Å². The highest BCUT2D eigenvalue weighted by molar-refractivity contribution is 5.97. The molecular weight excluding hydrogens is 309 g/mol. The van der Waals surface area contributed by atoms with Crippen LogP contribution in [0.3, 0.4) is 0 Å². The fourth-order valence-corrected chi connectivity index (χ4v) is 2.29. The summed E-state index contributed by atoms with van der Waals surface area (Å²) in [6.07, 6.45) is 0. The van der Waals surface area contributed by atoms with E-state index in [9.17, 15) is 9.18 Å². The highest BCUT2D eigenvalue weighted by atomic mass is 19.1. The van der Waals surface area contributed by atoms with Crippen LogP contribution in [0.1, 0.15) is 27.0 Å². The third-order valence-electron chi connectivity index (χ3n) is 3.63. The Bertz CT molecular complexity index is 784. The highest BCUT2D eigenvalue weighted by Gasteiger charge is 2.11. The fraction of sp³-hybridized carbons (Fsp3) is 0.222. The topological polar surface area (TPSA) is 85.2 Å². The van der Waals surface area contributed by atoms with Gasteiger partial charge < -0.3 is 15.7 Å². The van der Waals surface area contributed by atoms with E-state index in [0.717, 1.165) is 11.3 Å². The van der Waals surface area contributed by atoms with Crippen LogP contribution in [0, 0.1) is 24.1 Å². The Morgan fingerprint density at radius 2 is 2.12 bits per heavy atom. The molecule has 0 aliphatic heterocycles. The van der Waals surface area contributed by atoms with E-state index in [1.807, 2.05) is 6.07 Å². The molecule has 3 N–H and O–H groups in total.